The molecule has 4 rings (SSSR count). The standard InChI is InChI=1S/C18H14N4O4S2/c1-3-21-15-12(26-2)8-10(22(24)25)9-14(15)28-18(21)20-16(23)17-19-11-6-4-5-7-13(11)27-17/h4-9H,3H2,1-2H3. The average Bonchev–Trinajstić information content (AvgIpc) is 3.27. The third-order valence-corrected chi connectivity index (χ3v) is 6.20. The fraction of sp³-hybridized carbons (Fsp3) is 0.167. The number of amides is 1. The van der Waals surface area contributed by atoms with Crippen molar-refractivity contribution in [1.82, 2.24) is 9.55 Å². The number of nitrogens with zero attached hydrogens (tertiary/aromatic N) is 4. The van der Waals surface area contributed by atoms with Gasteiger partial charge in [0, 0.05) is 12.6 Å². The highest BCUT2D eigenvalue weighted by atomic mass is 32.1. The van der Waals surface area contributed by atoms with Gasteiger partial charge < -0.3 is 9.30 Å². The summed E-state index contributed by atoms with van der Waals surface area (Å²) < 4.78 is 8.70. The Morgan fingerprint density at radius 2 is 2.07 bits per heavy atom. The van der Waals surface area contributed by atoms with Crippen molar-refractivity contribution < 1.29 is 14.5 Å². The van der Waals surface area contributed by atoms with Gasteiger partial charge in [0.2, 0.25) is 0 Å². The Bertz CT molecular complexity index is 1270. The first-order valence-electron chi connectivity index (χ1n) is 8.32. The van der Waals surface area contributed by atoms with E-state index in [4.69, 9.17) is 4.74 Å². The van der Waals surface area contributed by atoms with Crippen LogP contribution in [0.4, 0.5) is 5.69 Å². The second kappa shape index (κ2) is 7.13. The molecule has 0 aliphatic carbocycles. The first-order chi connectivity index (χ1) is 13.5. The second-order valence-corrected chi connectivity index (χ2v) is 7.82. The van der Waals surface area contributed by atoms with Crippen LogP contribution in [0.5, 0.6) is 5.75 Å². The topological polar surface area (TPSA) is 99.6 Å². The second-order valence-electron chi connectivity index (χ2n) is 5.78. The summed E-state index contributed by atoms with van der Waals surface area (Å²) in [6, 6.07) is 10.3. The van der Waals surface area contributed by atoms with E-state index in [1.54, 1.807) is 0 Å². The number of nitro groups is 1. The van der Waals surface area contributed by atoms with Crippen LogP contribution in [0.3, 0.4) is 0 Å². The zero-order chi connectivity index (χ0) is 19.8. The van der Waals surface area contributed by atoms with Gasteiger partial charge in [0.05, 0.1) is 33.0 Å². The highest BCUT2D eigenvalue weighted by molar-refractivity contribution is 7.20. The van der Waals surface area contributed by atoms with Crippen molar-refractivity contribution in [3.63, 3.8) is 0 Å². The number of aromatic nitrogens is 2. The Balaban J connectivity index is 1.89. The van der Waals surface area contributed by atoms with E-state index in [9.17, 15) is 14.9 Å². The molecule has 28 heavy (non-hydrogen) atoms. The number of nitro benzene ring substituents is 1. The number of carbonyl (C=O) groups is 1. The lowest BCUT2D eigenvalue weighted by Gasteiger charge is -2.06. The van der Waals surface area contributed by atoms with Gasteiger partial charge in [-0.15, -0.1) is 11.3 Å². The summed E-state index contributed by atoms with van der Waals surface area (Å²) in [5.74, 6) is -0.0698. The van der Waals surface area contributed by atoms with Crippen molar-refractivity contribution >= 4 is 54.7 Å². The third kappa shape index (κ3) is 3.06. The first-order valence-corrected chi connectivity index (χ1v) is 9.95. The SMILES string of the molecule is CCn1c(=NC(=O)c2nc3ccccc3s2)sc2cc([N+](=O)[O-])cc(OC)c21. The molecule has 0 bridgehead atoms. The van der Waals surface area contributed by atoms with Crippen LogP contribution in [0.25, 0.3) is 20.4 Å². The van der Waals surface area contributed by atoms with Crippen molar-refractivity contribution in [3.8, 4) is 5.75 Å². The lowest BCUT2D eigenvalue weighted by Crippen LogP contribution is -2.16. The molecule has 2 aromatic carbocycles. The van der Waals surface area contributed by atoms with Crippen molar-refractivity contribution in [2.24, 2.45) is 4.99 Å². The van der Waals surface area contributed by atoms with Gasteiger partial charge in [-0.05, 0) is 19.1 Å². The number of ether oxygens (including phenoxy) is 1. The van der Waals surface area contributed by atoms with Crippen LogP contribution in [0.2, 0.25) is 0 Å². The molecule has 0 radical (unpaired) electrons. The number of fused-ring (bicyclic) bond motifs is 2. The Morgan fingerprint density at radius 3 is 2.75 bits per heavy atom. The molecule has 0 saturated heterocycles. The van der Waals surface area contributed by atoms with Gasteiger partial charge in [-0.25, -0.2) is 4.98 Å². The number of thiazole rings is 2. The maximum Gasteiger partial charge on any atom is 0.308 e. The molecule has 2 heterocycles. The molecule has 4 aromatic rings. The fourth-order valence-electron chi connectivity index (χ4n) is 2.90. The zero-order valence-corrected chi connectivity index (χ0v) is 16.5. The molecule has 0 aliphatic heterocycles. The van der Waals surface area contributed by atoms with E-state index in [0.717, 1.165) is 10.2 Å². The Labute approximate surface area is 166 Å². The van der Waals surface area contributed by atoms with Crippen LogP contribution in [-0.4, -0.2) is 27.5 Å². The minimum atomic E-state index is -0.471. The monoisotopic (exact) mass is 414 g/mol. The molecule has 0 aliphatic rings. The summed E-state index contributed by atoms with van der Waals surface area (Å²) in [6.45, 7) is 2.44. The number of methoxy groups -OCH3 is 1. The van der Waals surface area contributed by atoms with Crippen LogP contribution in [0.1, 0.15) is 16.7 Å². The van der Waals surface area contributed by atoms with E-state index < -0.39 is 10.8 Å². The van der Waals surface area contributed by atoms with Crippen LogP contribution in [0, 0.1) is 10.1 Å². The summed E-state index contributed by atoms with van der Waals surface area (Å²) >= 11 is 2.49. The summed E-state index contributed by atoms with van der Waals surface area (Å²) in [5.41, 5.74) is 1.36. The molecule has 0 unspecified atom stereocenters. The summed E-state index contributed by atoms with van der Waals surface area (Å²) in [5, 5.41) is 11.5. The quantitative estimate of drug-likeness (QED) is 0.371. The molecule has 0 spiro atoms. The zero-order valence-electron chi connectivity index (χ0n) is 14.9. The molecule has 1 amide bonds. The van der Waals surface area contributed by atoms with Crippen molar-refractivity contribution in [2.75, 3.05) is 7.11 Å². The maximum absolute atomic E-state index is 12.7. The van der Waals surface area contributed by atoms with Crippen molar-refractivity contribution in [2.45, 2.75) is 13.5 Å². The van der Waals surface area contributed by atoms with Crippen LogP contribution >= 0.6 is 22.7 Å². The van der Waals surface area contributed by atoms with Gasteiger partial charge in [0.15, 0.2) is 15.6 Å². The van der Waals surface area contributed by atoms with Crippen molar-refractivity contribution in [1.29, 1.82) is 0 Å². The highest BCUT2D eigenvalue weighted by Gasteiger charge is 2.18. The molecular weight excluding hydrogens is 400 g/mol. The lowest BCUT2D eigenvalue weighted by molar-refractivity contribution is -0.384. The predicted molar refractivity (Wildman–Crippen MR) is 108 cm³/mol. The molecule has 0 saturated carbocycles. The molecule has 142 valence electrons. The van der Waals surface area contributed by atoms with E-state index in [-0.39, 0.29) is 5.69 Å². The van der Waals surface area contributed by atoms with Gasteiger partial charge in [-0.3, -0.25) is 14.9 Å². The van der Waals surface area contributed by atoms with Gasteiger partial charge in [0.25, 0.3) is 5.69 Å². The van der Waals surface area contributed by atoms with E-state index in [0.29, 0.717) is 32.3 Å². The number of non-ortho nitro benzene ring substituents is 1. The first kappa shape index (κ1) is 18.3. The lowest BCUT2D eigenvalue weighted by atomic mass is 10.2. The Hall–Kier alpha value is -3.11. The summed E-state index contributed by atoms with van der Waals surface area (Å²) in [6.07, 6.45) is 0. The van der Waals surface area contributed by atoms with Crippen LogP contribution < -0.4 is 9.54 Å². The van der Waals surface area contributed by atoms with Gasteiger partial charge in [-0.2, -0.15) is 4.99 Å². The molecule has 0 N–H and O–H groups in total. The fourth-order valence-corrected chi connectivity index (χ4v) is 4.89. The number of hydrogen-bond acceptors (Lipinski definition) is 7. The number of benzene rings is 2. The number of carbonyl (C=O) groups excluding carboxylic acids is 1. The van der Waals surface area contributed by atoms with Gasteiger partial charge >= 0.3 is 5.91 Å². The molecule has 10 heteroatoms. The third-order valence-electron chi connectivity index (χ3n) is 4.15. The predicted octanol–water partition coefficient (Wildman–Crippen LogP) is 3.99. The summed E-state index contributed by atoms with van der Waals surface area (Å²) in [7, 11) is 1.46. The average molecular weight is 414 g/mol. The van der Waals surface area contributed by atoms with E-state index >= 15 is 0 Å². The maximum atomic E-state index is 12.7. The normalized spacial score (nSPS) is 12.0. The minimum Gasteiger partial charge on any atom is -0.494 e. The molecule has 0 atom stereocenters. The van der Waals surface area contributed by atoms with E-state index in [2.05, 4.69) is 9.98 Å². The van der Waals surface area contributed by atoms with Gasteiger partial charge in [-0.1, -0.05) is 23.5 Å². The minimum absolute atomic E-state index is 0.0714. The highest BCUT2D eigenvalue weighted by Crippen LogP contribution is 2.32. The van der Waals surface area contributed by atoms with Gasteiger partial charge in [0.1, 0.15) is 5.52 Å². The molecule has 0 fully saturated rings. The largest absolute Gasteiger partial charge is 0.494 e. The molecular formula is C18H14N4O4S2. The van der Waals surface area contributed by atoms with E-state index in [1.165, 1.54) is 41.9 Å². The number of aryl methyl sites for hydroxylation is 1. The van der Waals surface area contributed by atoms with Crippen LogP contribution in [-0.2, 0) is 6.54 Å². The van der Waals surface area contributed by atoms with E-state index in [1.807, 2.05) is 35.8 Å². The van der Waals surface area contributed by atoms with Crippen molar-refractivity contribution in [3.05, 3.63) is 56.3 Å². The number of rotatable bonds is 4. The number of hydrogen-bond donors (Lipinski definition) is 0. The molecule has 2 aromatic heterocycles. The van der Waals surface area contributed by atoms with Crippen LogP contribution in [0.15, 0.2) is 41.4 Å². The summed E-state index contributed by atoms with van der Waals surface area (Å²) in [4.78, 5) is 32.4. The smallest absolute Gasteiger partial charge is 0.308 e. The molecule has 8 nitrogen and oxygen atoms in total. The number of para-hydroxylation sites is 1. The Morgan fingerprint density at radius 1 is 1.29 bits per heavy atom. The Kier molecular flexibility index (Phi) is 4.65.